The Labute approximate surface area is 195 Å². The number of nitrogens with zero attached hydrogens (tertiary/aromatic N) is 1. The van der Waals surface area contributed by atoms with Crippen molar-refractivity contribution in [1.29, 1.82) is 0 Å². The number of fused-ring (bicyclic) bond motifs is 2. The van der Waals surface area contributed by atoms with Crippen LogP contribution in [0.25, 0.3) is 0 Å². The van der Waals surface area contributed by atoms with Gasteiger partial charge in [-0.1, -0.05) is 0 Å². The zero-order chi connectivity index (χ0) is 24.4. The maximum Gasteiger partial charge on any atom is 0.407 e. The van der Waals surface area contributed by atoms with E-state index in [1.807, 2.05) is 6.07 Å². The fraction of sp³-hybridized carbons (Fsp3) is 0.292. The molecule has 0 aromatic heterocycles. The smallest absolute Gasteiger partial charge is 0.407 e. The van der Waals surface area contributed by atoms with Crippen LogP contribution in [0.15, 0.2) is 41.8 Å². The molecule has 2 aromatic carbocycles. The summed E-state index contributed by atoms with van der Waals surface area (Å²) in [5, 5.41) is 10.6. The monoisotopic (exact) mass is 470 g/mol. The molecule has 2 aliphatic rings. The molecule has 0 atom stereocenters. The molecule has 4 rings (SSSR count). The second kappa shape index (κ2) is 9.34. The molecule has 34 heavy (non-hydrogen) atoms. The van der Waals surface area contributed by atoms with Crippen molar-refractivity contribution in [3.05, 3.63) is 58.5 Å². The van der Waals surface area contributed by atoms with Gasteiger partial charge in [-0.25, -0.2) is 9.59 Å². The number of ether oxygens (including phenoxy) is 6. The van der Waals surface area contributed by atoms with E-state index in [-0.39, 0.29) is 19.0 Å². The first-order valence-electron chi connectivity index (χ1n) is 10.3. The van der Waals surface area contributed by atoms with Crippen LogP contribution in [0.4, 0.5) is 0 Å². The van der Waals surface area contributed by atoms with E-state index >= 15 is 0 Å². The third kappa shape index (κ3) is 3.87. The van der Waals surface area contributed by atoms with E-state index in [0.29, 0.717) is 46.3 Å². The maximum atomic E-state index is 12.8. The first kappa shape index (κ1) is 23.0. The number of aliphatic hydroxyl groups excluding tert-OH is 1. The summed E-state index contributed by atoms with van der Waals surface area (Å²) in [5.41, 5.74) is 2.46. The van der Waals surface area contributed by atoms with Gasteiger partial charge in [-0.15, -0.1) is 0 Å². The molecule has 10 nitrogen and oxygen atoms in total. The van der Waals surface area contributed by atoms with E-state index in [2.05, 4.69) is 4.74 Å². The normalized spacial score (nSPS) is 14.7. The Bertz CT molecular complexity index is 1230. The Morgan fingerprint density at radius 1 is 0.912 bits per heavy atom. The van der Waals surface area contributed by atoms with Crippen LogP contribution in [0.5, 0.6) is 23.0 Å². The fourth-order valence-electron chi connectivity index (χ4n) is 4.04. The number of aliphatic hydroxyl groups is 1. The van der Waals surface area contributed by atoms with Gasteiger partial charge >= 0.3 is 17.6 Å². The average Bonchev–Trinajstić information content (AvgIpc) is 3.34. The summed E-state index contributed by atoms with van der Waals surface area (Å²) in [7, 11) is 5.35. The van der Waals surface area contributed by atoms with E-state index in [4.69, 9.17) is 23.7 Å². The Morgan fingerprint density at radius 2 is 1.59 bits per heavy atom. The van der Waals surface area contributed by atoms with Gasteiger partial charge in [0, 0.05) is 6.42 Å². The predicted octanol–water partition coefficient (Wildman–Crippen LogP) is 1.95. The molecule has 178 valence electrons. The van der Waals surface area contributed by atoms with Gasteiger partial charge in [0.05, 0.1) is 39.6 Å². The third-order valence-corrected chi connectivity index (χ3v) is 5.64. The first-order valence-corrected chi connectivity index (χ1v) is 10.3. The average molecular weight is 470 g/mol. The molecule has 0 amide bonds. The molecular formula is C24H24NO9+. The van der Waals surface area contributed by atoms with Gasteiger partial charge in [-0.05, 0) is 35.9 Å². The van der Waals surface area contributed by atoms with Crippen LogP contribution in [-0.4, -0.2) is 69.1 Å². The van der Waals surface area contributed by atoms with E-state index in [1.165, 1.54) is 18.8 Å². The molecule has 0 spiro atoms. The molecule has 0 saturated carbocycles. The van der Waals surface area contributed by atoms with Crippen LogP contribution in [0, 0.1) is 0 Å². The minimum atomic E-state index is -1.07. The van der Waals surface area contributed by atoms with E-state index < -0.39 is 17.7 Å². The number of hydrogen-bond acceptors (Lipinski definition) is 9. The lowest BCUT2D eigenvalue weighted by atomic mass is 9.91. The highest BCUT2D eigenvalue weighted by atomic mass is 16.7. The standard InChI is InChI=1S/C24H23NO9/c1-29-17-9-13-7-8-25(21(23(27)31-3)22(26)24(28)32-4)20(15(13)11-18(17)30-2)14-5-6-16-19(10-14)34-12-33-16/h5-6,9-11H,7-8,12H2,1-4H3/p+1. The molecule has 2 heterocycles. The summed E-state index contributed by atoms with van der Waals surface area (Å²) in [6.45, 7) is 0.341. The lowest BCUT2D eigenvalue weighted by Gasteiger charge is -2.21. The number of esters is 2. The molecule has 1 N–H and O–H groups in total. The van der Waals surface area contributed by atoms with Crippen LogP contribution < -0.4 is 18.9 Å². The van der Waals surface area contributed by atoms with Crippen molar-refractivity contribution < 1.29 is 47.7 Å². The topological polar surface area (TPSA) is 113 Å². The molecule has 2 aromatic rings. The minimum absolute atomic E-state index is 0.0931. The van der Waals surface area contributed by atoms with Gasteiger partial charge in [0.1, 0.15) is 0 Å². The second-order valence-electron chi connectivity index (χ2n) is 7.36. The van der Waals surface area contributed by atoms with Crippen LogP contribution in [-0.2, 0) is 25.5 Å². The van der Waals surface area contributed by atoms with Gasteiger partial charge in [-0.2, -0.15) is 4.58 Å². The van der Waals surface area contributed by atoms with Crippen molar-refractivity contribution in [3.8, 4) is 23.0 Å². The SMILES string of the molecule is COC(=O)/C(O)=C(\C(=O)OC)[N+]1=C(c2ccc3c(c2)OCO3)c2cc(OC)c(OC)cc2CC1. The largest absolute Gasteiger partial charge is 0.497 e. The summed E-state index contributed by atoms with van der Waals surface area (Å²) >= 11 is 0. The molecule has 0 aliphatic carbocycles. The lowest BCUT2D eigenvalue weighted by molar-refractivity contribution is -0.475. The Balaban J connectivity index is 2.06. The van der Waals surface area contributed by atoms with E-state index in [9.17, 15) is 14.7 Å². The number of methoxy groups -OCH3 is 4. The fourth-order valence-corrected chi connectivity index (χ4v) is 4.04. The van der Waals surface area contributed by atoms with Gasteiger partial charge < -0.3 is 33.5 Å². The molecule has 2 aliphatic heterocycles. The van der Waals surface area contributed by atoms with E-state index in [1.54, 1.807) is 31.4 Å². The molecule has 0 saturated heterocycles. The van der Waals surface area contributed by atoms with Crippen molar-refractivity contribution in [2.75, 3.05) is 41.8 Å². The van der Waals surface area contributed by atoms with Crippen LogP contribution in [0.1, 0.15) is 16.7 Å². The van der Waals surface area contributed by atoms with Crippen LogP contribution in [0.2, 0.25) is 0 Å². The summed E-state index contributed by atoms with van der Waals surface area (Å²) in [5.74, 6) is -0.688. The summed E-state index contributed by atoms with van der Waals surface area (Å²) in [6.07, 6.45) is 0.471. The molecule has 0 unspecified atom stereocenters. The lowest BCUT2D eigenvalue weighted by Crippen LogP contribution is -2.35. The number of rotatable bonds is 6. The van der Waals surface area contributed by atoms with Crippen LogP contribution in [0.3, 0.4) is 0 Å². The van der Waals surface area contributed by atoms with Gasteiger partial charge in [0.25, 0.3) is 5.76 Å². The third-order valence-electron chi connectivity index (χ3n) is 5.64. The zero-order valence-corrected chi connectivity index (χ0v) is 19.2. The summed E-state index contributed by atoms with van der Waals surface area (Å²) in [4.78, 5) is 25.0. The minimum Gasteiger partial charge on any atom is -0.497 e. The summed E-state index contributed by atoms with van der Waals surface area (Å²) < 4.78 is 33.0. The van der Waals surface area contributed by atoms with Crippen molar-refractivity contribution >= 4 is 17.7 Å². The van der Waals surface area contributed by atoms with Gasteiger partial charge in [0.2, 0.25) is 12.5 Å². The Morgan fingerprint density at radius 3 is 2.26 bits per heavy atom. The van der Waals surface area contributed by atoms with Gasteiger partial charge in [-0.3, -0.25) is 0 Å². The molecule has 0 fully saturated rings. The van der Waals surface area contributed by atoms with Gasteiger partial charge in [0.15, 0.2) is 29.5 Å². The quantitative estimate of drug-likeness (QED) is 0.293. The first-order chi connectivity index (χ1) is 16.4. The van der Waals surface area contributed by atoms with Crippen molar-refractivity contribution in [2.45, 2.75) is 6.42 Å². The number of benzene rings is 2. The van der Waals surface area contributed by atoms with Crippen molar-refractivity contribution in [1.82, 2.24) is 0 Å². The van der Waals surface area contributed by atoms with Crippen LogP contribution >= 0.6 is 0 Å². The Kier molecular flexibility index (Phi) is 6.31. The number of carbonyl (C=O) groups excluding carboxylic acids is 2. The highest BCUT2D eigenvalue weighted by Crippen LogP contribution is 2.37. The zero-order valence-electron chi connectivity index (χ0n) is 19.2. The molecular weight excluding hydrogens is 446 g/mol. The highest BCUT2D eigenvalue weighted by molar-refractivity contribution is 6.13. The number of hydrogen-bond donors (Lipinski definition) is 1. The Hall–Kier alpha value is -4.21. The maximum absolute atomic E-state index is 12.8. The van der Waals surface area contributed by atoms with Crippen molar-refractivity contribution in [2.24, 2.45) is 0 Å². The molecule has 0 bridgehead atoms. The predicted molar refractivity (Wildman–Crippen MR) is 118 cm³/mol. The molecule has 10 heteroatoms. The second-order valence-corrected chi connectivity index (χ2v) is 7.36. The summed E-state index contributed by atoms with van der Waals surface area (Å²) in [6, 6.07) is 8.95. The van der Waals surface area contributed by atoms with E-state index in [0.717, 1.165) is 12.7 Å². The molecule has 0 radical (unpaired) electrons. The van der Waals surface area contributed by atoms with Crippen molar-refractivity contribution in [3.63, 3.8) is 0 Å². The highest BCUT2D eigenvalue weighted by Gasteiger charge is 2.40. The number of carbonyl (C=O) groups is 2.